The molecule has 0 saturated carbocycles. The number of carbonyl (C=O) groups is 2. The Kier molecular flexibility index (Phi) is 7.79. The second kappa shape index (κ2) is 11.1. The Morgan fingerprint density at radius 2 is 1.81 bits per heavy atom. The number of amides is 1. The Bertz CT molecular complexity index is 1590. The number of anilines is 1. The van der Waals surface area contributed by atoms with Gasteiger partial charge < -0.3 is 24.2 Å². The summed E-state index contributed by atoms with van der Waals surface area (Å²) in [6, 6.07) is 8.76. The lowest BCUT2D eigenvalue weighted by Crippen LogP contribution is -2.30. The van der Waals surface area contributed by atoms with Crippen LogP contribution in [0.15, 0.2) is 30.3 Å². The van der Waals surface area contributed by atoms with E-state index < -0.39 is 23.5 Å². The van der Waals surface area contributed by atoms with Crippen molar-refractivity contribution in [2.45, 2.75) is 72.5 Å². The summed E-state index contributed by atoms with van der Waals surface area (Å²) in [7, 11) is 1.55. The lowest BCUT2D eigenvalue weighted by Gasteiger charge is -2.30. The average Bonchev–Trinajstić information content (AvgIpc) is 3.35. The molecule has 3 aromatic carbocycles. The molecule has 0 aromatic heterocycles. The normalized spacial score (nSPS) is 15.1. The Balaban J connectivity index is 1.78. The number of aliphatic carboxylic acids is 1. The largest absolute Gasteiger partial charge is 0.496 e. The van der Waals surface area contributed by atoms with E-state index >= 15 is 4.39 Å². The molecule has 2 aliphatic rings. The SMILES string of the molecule is COc1c(C)cccc1C(=O)N1CCc2c1cc(C)c(C(OC(C)(C)C)C(=O)O)c2-c1cc(F)c2c(c1C)CCCO2. The number of para-hydroxylation sites is 1. The molecule has 0 radical (unpaired) electrons. The van der Waals surface area contributed by atoms with Crippen LogP contribution in [0.5, 0.6) is 11.5 Å². The average molecular weight is 576 g/mol. The van der Waals surface area contributed by atoms with E-state index in [1.807, 2.05) is 59.7 Å². The van der Waals surface area contributed by atoms with E-state index in [0.29, 0.717) is 65.2 Å². The fourth-order valence-electron chi connectivity index (χ4n) is 6.29. The summed E-state index contributed by atoms with van der Waals surface area (Å²) in [4.78, 5) is 28.4. The monoisotopic (exact) mass is 575 g/mol. The summed E-state index contributed by atoms with van der Waals surface area (Å²) in [5.41, 5.74) is 5.94. The standard InChI is InChI=1S/C34H38FNO6/c1-18-10-8-11-23(29(18)40-7)32(37)36-14-13-22-26(36)16-19(2)27(31(33(38)39)42-34(4,5)6)28(22)24-17-25(35)30-21(20(24)3)12-9-15-41-30/h8,10-11,16-17,31H,9,12-15H2,1-7H3,(H,38,39). The van der Waals surface area contributed by atoms with Crippen LogP contribution in [0, 0.1) is 26.6 Å². The van der Waals surface area contributed by atoms with Crippen LogP contribution < -0.4 is 14.4 Å². The zero-order valence-corrected chi connectivity index (χ0v) is 25.3. The third-order valence-corrected chi connectivity index (χ3v) is 8.09. The quantitative estimate of drug-likeness (QED) is 0.344. The van der Waals surface area contributed by atoms with Crippen LogP contribution in [0.3, 0.4) is 0 Å². The van der Waals surface area contributed by atoms with Gasteiger partial charge in [-0.25, -0.2) is 9.18 Å². The highest BCUT2D eigenvalue weighted by Gasteiger charge is 2.37. The third-order valence-electron chi connectivity index (χ3n) is 8.09. The summed E-state index contributed by atoms with van der Waals surface area (Å²) in [6.45, 7) is 11.9. The first-order valence-electron chi connectivity index (χ1n) is 14.3. The van der Waals surface area contributed by atoms with Crippen molar-refractivity contribution >= 4 is 17.6 Å². The van der Waals surface area contributed by atoms with Gasteiger partial charge in [-0.05, 0) is 112 Å². The Morgan fingerprint density at radius 1 is 1.07 bits per heavy atom. The van der Waals surface area contributed by atoms with Crippen LogP contribution >= 0.6 is 0 Å². The molecule has 1 atom stereocenters. The number of hydrogen-bond donors (Lipinski definition) is 1. The molecule has 42 heavy (non-hydrogen) atoms. The van der Waals surface area contributed by atoms with E-state index in [4.69, 9.17) is 14.2 Å². The highest BCUT2D eigenvalue weighted by atomic mass is 19.1. The number of carboxylic acids is 1. The predicted octanol–water partition coefficient (Wildman–Crippen LogP) is 6.90. The Hall–Kier alpha value is -3.91. The van der Waals surface area contributed by atoms with Crippen molar-refractivity contribution < 1.29 is 33.3 Å². The molecule has 222 valence electrons. The van der Waals surface area contributed by atoms with Crippen LogP contribution in [0.25, 0.3) is 11.1 Å². The molecule has 1 unspecified atom stereocenters. The number of fused-ring (bicyclic) bond motifs is 2. The minimum atomic E-state index is -1.30. The first kappa shape index (κ1) is 29.6. The van der Waals surface area contributed by atoms with Crippen molar-refractivity contribution in [3.63, 3.8) is 0 Å². The van der Waals surface area contributed by atoms with Gasteiger partial charge in [0.05, 0.1) is 24.9 Å². The van der Waals surface area contributed by atoms with Crippen molar-refractivity contribution in [1.29, 1.82) is 0 Å². The minimum Gasteiger partial charge on any atom is -0.496 e. The molecule has 8 heteroatoms. The van der Waals surface area contributed by atoms with Crippen LogP contribution in [-0.2, 0) is 22.4 Å². The number of hydrogen-bond acceptors (Lipinski definition) is 5. The van der Waals surface area contributed by atoms with Gasteiger partial charge in [0, 0.05) is 23.4 Å². The molecule has 3 aromatic rings. The summed E-state index contributed by atoms with van der Waals surface area (Å²) in [5.74, 6) is -1.05. The highest BCUT2D eigenvalue weighted by molar-refractivity contribution is 6.10. The molecule has 2 heterocycles. The van der Waals surface area contributed by atoms with E-state index in [-0.39, 0.29) is 11.7 Å². The van der Waals surface area contributed by atoms with Crippen LogP contribution in [-0.4, -0.2) is 42.8 Å². The summed E-state index contributed by atoms with van der Waals surface area (Å²) < 4.78 is 33.0. The molecular weight excluding hydrogens is 537 g/mol. The van der Waals surface area contributed by atoms with Gasteiger partial charge in [0.1, 0.15) is 5.75 Å². The number of halogens is 1. The van der Waals surface area contributed by atoms with E-state index in [0.717, 1.165) is 28.7 Å². The predicted molar refractivity (Wildman–Crippen MR) is 159 cm³/mol. The highest BCUT2D eigenvalue weighted by Crippen LogP contribution is 2.48. The number of aryl methyl sites for hydroxylation is 2. The van der Waals surface area contributed by atoms with Crippen molar-refractivity contribution in [2.75, 3.05) is 25.2 Å². The fourth-order valence-corrected chi connectivity index (χ4v) is 6.29. The molecule has 7 nitrogen and oxygen atoms in total. The van der Waals surface area contributed by atoms with Gasteiger partial charge >= 0.3 is 5.97 Å². The molecule has 1 N–H and O–H groups in total. The molecule has 1 amide bonds. The van der Waals surface area contributed by atoms with Crippen LogP contribution in [0.1, 0.15) is 77.0 Å². The van der Waals surface area contributed by atoms with Crippen LogP contribution in [0.2, 0.25) is 0 Å². The van der Waals surface area contributed by atoms with E-state index in [1.165, 1.54) is 6.07 Å². The number of carbonyl (C=O) groups excluding carboxylic acids is 1. The summed E-state index contributed by atoms with van der Waals surface area (Å²) in [6.07, 6.45) is 0.588. The van der Waals surface area contributed by atoms with E-state index in [9.17, 15) is 14.7 Å². The molecule has 0 saturated heterocycles. The zero-order chi connectivity index (χ0) is 30.5. The van der Waals surface area contributed by atoms with Gasteiger partial charge in [0.25, 0.3) is 5.91 Å². The van der Waals surface area contributed by atoms with Crippen molar-refractivity contribution in [2.24, 2.45) is 0 Å². The first-order chi connectivity index (χ1) is 19.8. The van der Waals surface area contributed by atoms with Crippen molar-refractivity contribution in [3.05, 3.63) is 75.1 Å². The molecular formula is C34H38FNO6. The smallest absolute Gasteiger partial charge is 0.337 e. The van der Waals surface area contributed by atoms with Crippen molar-refractivity contribution in [1.82, 2.24) is 0 Å². The third kappa shape index (κ3) is 5.13. The molecule has 0 fully saturated rings. The second-order valence-electron chi connectivity index (χ2n) is 12.1. The number of nitrogens with zero attached hydrogens (tertiary/aromatic N) is 1. The molecule has 0 bridgehead atoms. The number of benzene rings is 3. The minimum absolute atomic E-state index is 0.213. The maximum absolute atomic E-state index is 15.6. The number of methoxy groups -OCH3 is 1. The zero-order valence-electron chi connectivity index (χ0n) is 25.3. The van der Waals surface area contributed by atoms with Gasteiger partial charge in [-0.2, -0.15) is 0 Å². The molecule has 0 spiro atoms. The fraction of sp³-hybridized carbons (Fsp3) is 0.412. The maximum Gasteiger partial charge on any atom is 0.337 e. The van der Waals surface area contributed by atoms with Gasteiger partial charge in [-0.3, -0.25) is 4.79 Å². The topological polar surface area (TPSA) is 85.3 Å². The van der Waals surface area contributed by atoms with Gasteiger partial charge in [0.15, 0.2) is 17.7 Å². The summed E-state index contributed by atoms with van der Waals surface area (Å²) >= 11 is 0. The molecule has 5 rings (SSSR count). The van der Waals surface area contributed by atoms with Gasteiger partial charge in [0.2, 0.25) is 0 Å². The van der Waals surface area contributed by atoms with Crippen molar-refractivity contribution in [3.8, 4) is 22.6 Å². The van der Waals surface area contributed by atoms with E-state index in [1.54, 1.807) is 18.1 Å². The van der Waals surface area contributed by atoms with Gasteiger partial charge in [-0.15, -0.1) is 0 Å². The Labute approximate surface area is 246 Å². The maximum atomic E-state index is 15.6. The van der Waals surface area contributed by atoms with E-state index in [2.05, 4.69) is 0 Å². The van der Waals surface area contributed by atoms with Gasteiger partial charge in [-0.1, -0.05) is 12.1 Å². The number of ether oxygens (including phenoxy) is 3. The lowest BCUT2D eigenvalue weighted by molar-refractivity contribution is -0.160. The lowest BCUT2D eigenvalue weighted by atomic mass is 9.83. The molecule has 2 aliphatic heterocycles. The second-order valence-corrected chi connectivity index (χ2v) is 12.1. The Morgan fingerprint density at radius 3 is 2.48 bits per heavy atom. The van der Waals surface area contributed by atoms with Crippen LogP contribution in [0.4, 0.5) is 10.1 Å². The summed E-state index contributed by atoms with van der Waals surface area (Å²) in [5, 5.41) is 10.4. The number of carboxylic acid groups (broad SMARTS) is 1. The number of rotatable bonds is 6. The molecule has 0 aliphatic carbocycles. The first-order valence-corrected chi connectivity index (χ1v) is 14.3.